The molecule has 0 N–H and O–H groups in total. The number of benzene rings is 1. The van der Waals surface area contributed by atoms with Crippen molar-refractivity contribution in [2.24, 2.45) is 17.3 Å². The fraction of sp³-hybridized carbons (Fsp3) is 0.778. The van der Waals surface area contributed by atoms with Crippen molar-refractivity contribution in [1.29, 1.82) is 0 Å². The van der Waals surface area contributed by atoms with Crippen LogP contribution in [-0.4, -0.2) is 37.2 Å². The Morgan fingerprint density at radius 3 is 2.12 bits per heavy atom. The van der Waals surface area contributed by atoms with Gasteiger partial charge in [0.15, 0.2) is 16.6 Å². The molecule has 4 unspecified atom stereocenters. The molecule has 3 aliphatic carbocycles. The summed E-state index contributed by atoms with van der Waals surface area (Å²) < 4.78 is 20.2. The van der Waals surface area contributed by atoms with Crippen molar-refractivity contribution in [1.82, 2.24) is 0 Å². The Labute approximate surface area is 206 Å². The van der Waals surface area contributed by atoms with Gasteiger partial charge < -0.3 is 13.3 Å². The van der Waals surface area contributed by atoms with Crippen LogP contribution in [0.5, 0.6) is 5.75 Å². The normalized spacial score (nSPS) is 34.4. The highest BCUT2D eigenvalue weighted by atomic mass is 28.4. The van der Waals surface area contributed by atoms with Crippen molar-refractivity contribution in [3.63, 3.8) is 0 Å². The highest BCUT2D eigenvalue weighted by Gasteiger charge is 2.60. The first-order chi connectivity index (χ1) is 15.1. The zero-order valence-corrected chi connectivity index (χ0v) is 25.9. The molecule has 3 nitrogen and oxygen atoms in total. The Kier molecular flexibility index (Phi) is 6.70. The summed E-state index contributed by atoms with van der Waals surface area (Å²) in [7, 11) is -4.84. The van der Waals surface area contributed by atoms with Crippen molar-refractivity contribution >= 4 is 25.0 Å². The molecule has 3 aliphatic rings. The quantitative estimate of drug-likeness (QED) is 0.370. The van der Waals surface area contributed by atoms with Crippen LogP contribution < -0.4 is 4.43 Å². The second-order valence-electron chi connectivity index (χ2n) is 14.2. The van der Waals surface area contributed by atoms with Crippen LogP contribution in [-0.2, 0) is 15.3 Å². The summed E-state index contributed by atoms with van der Waals surface area (Å²) in [6.07, 6.45) is 6.78. The summed E-state index contributed by atoms with van der Waals surface area (Å²) >= 11 is 0. The van der Waals surface area contributed by atoms with E-state index in [4.69, 9.17) is 13.3 Å². The molecule has 0 aromatic heterocycles. The lowest BCUT2D eigenvalue weighted by Gasteiger charge is -2.52. The van der Waals surface area contributed by atoms with Gasteiger partial charge in [-0.25, -0.2) is 0 Å². The SMILES string of the molecule is C[C@]12CCC3c4ccc(O[Si](C)(C)C)cc4CCC3C1C(O[Si](C)(C)C)C[C@@H]2O[Si](C)(C)C. The molecule has 0 heterocycles. The van der Waals surface area contributed by atoms with Crippen LogP contribution in [0.4, 0.5) is 0 Å². The first kappa shape index (κ1) is 25.7. The Bertz CT molecular complexity index is 867. The fourth-order valence-corrected chi connectivity index (χ4v) is 10.3. The highest BCUT2D eigenvalue weighted by Crippen LogP contribution is 2.62. The van der Waals surface area contributed by atoms with Gasteiger partial charge >= 0.3 is 0 Å². The van der Waals surface area contributed by atoms with E-state index >= 15 is 0 Å². The molecule has 0 saturated heterocycles. The molecule has 6 atom stereocenters. The number of fused-ring (bicyclic) bond motifs is 5. The zero-order chi connectivity index (χ0) is 24.4. The van der Waals surface area contributed by atoms with E-state index in [1.807, 2.05) is 0 Å². The largest absolute Gasteiger partial charge is 0.544 e. The number of rotatable bonds is 6. The van der Waals surface area contributed by atoms with Gasteiger partial charge in [-0.1, -0.05) is 13.0 Å². The fourth-order valence-electron chi connectivity index (χ4n) is 7.14. The third-order valence-electron chi connectivity index (χ3n) is 8.00. The van der Waals surface area contributed by atoms with Crippen LogP contribution in [0.25, 0.3) is 0 Å². The molecule has 0 aliphatic heterocycles. The number of hydrogen-bond donors (Lipinski definition) is 0. The van der Waals surface area contributed by atoms with Gasteiger partial charge in [-0.15, -0.1) is 0 Å². The van der Waals surface area contributed by atoms with E-state index < -0.39 is 25.0 Å². The van der Waals surface area contributed by atoms with Gasteiger partial charge in [0.05, 0.1) is 12.2 Å². The third-order valence-corrected chi connectivity index (χ3v) is 10.9. The molecule has 4 rings (SSSR count). The smallest absolute Gasteiger partial charge is 0.242 e. The van der Waals surface area contributed by atoms with E-state index in [-0.39, 0.29) is 5.41 Å². The van der Waals surface area contributed by atoms with Crippen LogP contribution in [0.3, 0.4) is 0 Å². The predicted molar refractivity (Wildman–Crippen MR) is 147 cm³/mol. The summed E-state index contributed by atoms with van der Waals surface area (Å²) in [4.78, 5) is 0. The predicted octanol–water partition coefficient (Wildman–Crippen LogP) is 7.81. The van der Waals surface area contributed by atoms with Crippen LogP contribution in [0.15, 0.2) is 18.2 Å². The molecule has 6 heteroatoms. The molecular formula is C27H48O3Si3. The summed E-state index contributed by atoms with van der Waals surface area (Å²) in [6.45, 7) is 23.5. The van der Waals surface area contributed by atoms with E-state index in [0.29, 0.717) is 30.0 Å². The van der Waals surface area contributed by atoms with Crippen molar-refractivity contribution < 1.29 is 13.3 Å². The lowest BCUT2D eigenvalue weighted by molar-refractivity contribution is -0.0355. The molecule has 0 radical (unpaired) electrons. The first-order valence-corrected chi connectivity index (χ1v) is 23.5. The van der Waals surface area contributed by atoms with E-state index in [9.17, 15) is 0 Å². The van der Waals surface area contributed by atoms with Crippen molar-refractivity contribution in [3.8, 4) is 5.75 Å². The van der Waals surface area contributed by atoms with Gasteiger partial charge in [0.25, 0.3) is 0 Å². The summed E-state index contributed by atoms with van der Waals surface area (Å²) in [5.41, 5.74) is 3.37. The van der Waals surface area contributed by atoms with E-state index in [1.165, 1.54) is 31.2 Å². The first-order valence-electron chi connectivity index (χ1n) is 13.2. The van der Waals surface area contributed by atoms with Crippen LogP contribution in [0.1, 0.15) is 49.7 Å². The monoisotopic (exact) mass is 504 g/mol. The Morgan fingerprint density at radius 2 is 1.52 bits per heavy atom. The van der Waals surface area contributed by atoms with E-state index in [0.717, 1.165) is 12.2 Å². The lowest BCUT2D eigenvalue weighted by Crippen LogP contribution is -2.49. The van der Waals surface area contributed by atoms with Crippen molar-refractivity contribution in [2.75, 3.05) is 0 Å². The van der Waals surface area contributed by atoms with Crippen LogP contribution in [0.2, 0.25) is 58.9 Å². The van der Waals surface area contributed by atoms with Gasteiger partial charge in [0, 0.05) is 0 Å². The minimum atomic E-state index is -1.64. The zero-order valence-electron chi connectivity index (χ0n) is 22.9. The van der Waals surface area contributed by atoms with Gasteiger partial charge in [-0.2, -0.15) is 0 Å². The summed E-state index contributed by atoms with van der Waals surface area (Å²) in [6, 6.07) is 7.01. The second-order valence-corrected chi connectivity index (χ2v) is 27.5. The van der Waals surface area contributed by atoms with Gasteiger partial charge in [-0.05, 0) is 137 Å². The molecule has 2 saturated carbocycles. The van der Waals surface area contributed by atoms with Crippen molar-refractivity contribution in [3.05, 3.63) is 29.3 Å². The Hall–Kier alpha value is -0.409. The molecule has 1 aromatic rings. The number of aryl methyl sites for hydroxylation is 1. The van der Waals surface area contributed by atoms with Gasteiger partial charge in [-0.3, -0.25) is 0 Å². The molecule has 0 spiro atoms. The summed E-state index contributed by atoms with van der Waals surface area (Å²) in [5.74, 6) is 3.05. The Balaban J connectivity index is 1.65. The van der Waals surface area contributed by atoms with Gasteiger partial charge in [0.1, 0.15) is 5.75 Å². The minimum absolute atomic E-state index is 0.240. The van der Waals surface area contributed by atoms with E-state index in [1.54, 1.807) is 5.56 Å². The van der Waals surface area contributed by atoms with Crippen molar-refractivity contribution in [2.45, 2.75) is 116 Å². The molecule has 0 bridgehead atoms. The lowest BCUT2D eigenvalue weighted by atomic mass is 9.55. The molecule has 1 aromatic carbocycles. The third kappa shape index (κ3) is 5.55. The molecule has 0 amide bonds. The standard InChI is InChI=1S/C27H48O3Si3/c1-27-16-15-22-21-14-12-20(28-31(2,3)4)17-19(21)11-13-23(22)26(27)24(29-32(5,6)7)18-25(27)30-33(8,9)10/h12,14,17,22-26H,11,13,15-16,18H2,1-10H3/t22?,23?,24?,25-,26?,27+/m0/s1. The average Bonchev–Trinajstić information content (AvgIpc) is 2.88. The van der Waals surface area contributed by atoms with E-state index in [2.05, 4.69) is 84.0 Å². The summed E-state index contributed by atoms with van der Waals surface area (Å²) in [5, 5.41) is 0. The molecular weight excluding hydrogens is 457 g/mol. The second kappa shape index (κ2) is 8.61. The topological polar surface area (TPSA) is 27.7 Å². The maximum Gasteiger partial charge on any atom is 0.242 e. The maximum absolute atomic E-state index is 6.95. The minimum Gasteiger partial charge on any atom is -0.544 e. The Morgan fingerprint density at radius 1 is 0.848 bits per heavy atom. The van der Waals surface area contributed by atoms with Crippen LogP contribution >= 0.6 is 0 Å². The molecule has 33 heavy (non-hydrogen) atoms. The maximum atomic E-state index is 6.95. The highest BCUT2D eigenvalue weighted by molar-refractivity contribution is 6.70. The molecule has 186 valence electrons. The number of hydrogen-bond acceptors (Lipinski definition) is 3. The molecule has 2 fully saturated rings. The van der Waals surface area contributed by atoms with Gasteiger partial charge in [0.2, 0.25) is 8.32 Å². The average molecular weight is 505 g/mol. The van der Waals surface area contributed by atoms with Crippen LogP contribution in [0, 0.1) is 17.3 Å².